The monoisotopic (exact) mass is 400 g/mol. The molecule has 0 saturated carbocycles. The Hall–Kier alpha value is -3.83. The lowest BCUT2D eigenvalue weighted by molar-refractivity contribution is 0.481. The van der Waals surface area contributed by atoms with E-state index in [1.165, 1.54) is 11.8 Å². The molecule has 3 heterocycles. The van der Waals surface area contributed by atoms with Crippen LogP contribution in [0.1, 0.15) is 5.69 Å². The van der Waals surface area contributed by atoms with Crippen LogP contribution in [0.2, 0.25) is 0 Å². The standard InChI is InChI=1S/C21H16N6OS/c1-3-18(22)26-21-17(28-15-7-5-4-6-8-15)12-16(13-23-21)29-20-11-14(2)25-19-9-10-24-27(19)20/h1,4-13H,2H3,(H2,22,23,26). The zero-order valence-corrected chi connectivity index (χ0v) is 16.3. The molecule has 0 radical (unpaired) electrons. The van der Waals surface area contributed by atoms with Crippen LogP contribution < -0.4 is 10.1 Å². The predicted octanol–water partition coefficient (Wildman–Crippen LogP) is 4.40. The van der Waals surface area contributed by atoms with Gasteiger partial charge < -0.3 is 10.1 Å². The van der Waals surface area contributed by atoms with Gasteiger partial charge in [0.2, 0.25) is 0 Å². The lowest BCUT2D eigenvalue weighted by Gasteiger charge is -2.13. The van der Waals surface area contributed by atoms with Crippen molar-refractivity contribution in [3.05, 3.63) is 66.6 Å². The van der Waals surface area contributed by atoms with Gasteiger partial charge in [0.15, 0.2) is 23.1 Å². The maximum atomic E-state index is 7.71. The Morgan fingerprint density at radius 3 is 2.86 bits per heavy atom. The van der Waals surface area contributed by atoms with Crippen LogP contribution in [0.15, 0.2) is 70.8 Å². The summed E-state index contributed by atoms with van der Waals surface area (Å²) in [5.41, 5.74) is 1.68. The Morgan fingerprint density at radius 2 is 2.07 bits per heavy atom. The van der Waals surface area contributed by atoms with Crippen molar-refractivity contribution in [2.24, 2.45) is 0 Å². The molecule has 142 valence electrons. The zero-order valence-electron chi connectivity index (χ0n) is 15.5. The Bertz CT molecular complexity index is 1230. The summed E-state index contributed by atoms with van der Waals surface area (Å²) in [6.45, 7) is 1.94. The molecule has 1 aromatic carbocycles. The van der Waals surface area contributed by atoms with Crippen LogP contribution in [-0.4, -0.2) is 25.4 Å². The number of nitrogens with zero attached hydrogens (tertiary/aromatic N) is 4. The number of aryl methyl sites for hydroxylation is 1. The van der Waals surface area contributed by atoms with Crippen molar-refractivity contribution in [3.63, 3.8) is 0 Å². The number of pyridine rings is 1. The highest BCUT2D eigenvalue weighted by Gasteiger charge is 2.13. The van der Waals surface area contributed by atoms with E-state index in [1.807, 2.05) is 55.5 Å². The molecule has 0 aliphatic heterocycles. The van der Waals surface area contributed by atoms with Crippen LogP contribution >= 0.6 is 11.8 Å². The number of anilines is 1. The van der Waals surface area contributed by atoms with Gasteiger partial charge in [-0.05, 0) is 31.0 Å². The third kappa shape index (κ3) is 4.20. The fraction of sp³-hybridized carbons (Fsp3) is 0.0476. The maximum absolute atomic E-state index is 7.71. The summed E-state index contributed by atoms with van der Waals surface area (Å²) in [6, 6.07) is 15.0. The summed E-state index contributed by atoms with van der Waals surface area (Å²) in [5.74, 6) is 3.62. The van der Waals surface area contributed by atoms with Gasteiger partial charge in [0.1, 0.15) is 10.8 Å². The molecule has 8 heteroatoms. The highest BCUT2D eigenvalue weighted by Crippen LogP contribution is 2.35. The Morgan fingerprint density at radius 1 is 1.24 bits per heavy atom. The molecule has 3 aromatic heterocycles. The minimum Gasteiger partial charge on any atom is -0.453 e. The van der Waals surface area contributed by atoms with E-state index in [0.717, 1.165) is 21.3 Å². The van der Waals surface area contributed by atoms with Crippen molar-refractivity contribution in [3.8, 4) is 23.8 Å². The normalized spacial score (nSPS) is 10.5. The molecule has 0 amide bonds. The summed E-state index contributed by atoms with van der Waals surface area (Å²) in [4.78, 5) is 9.72. The summed E-state index contributed by atoms with van der Waals surface area (Å²) in [7, 11) is 0. The molecule has 0 aliphatic rings. The van der Waals surface area contributed by atoms with Gasteiger partial charge in [-0.25, -0.2) is 14.5 Å². The van der Waals surface area contributed by atoms with E-state index in [0.29, 0.717) is 17.3 Å². The molecule has 0 fully saturated rings. The van der Waals surface area contributed by atoms with Crippen LogP contribution in [0.3, 0.4) is 0 Å². The molecule has 0 unspecified atom stereocenters. The lowest BCUT2D eigenvalue weighted by Crippen LogP contribution is -2.09. The van der Waals surface area contributed by atoms with Gasteiger partial charge in [-0.2, -0.15) is 5.10 Å². The summed E-state index contributed by atoms with van der Waals surface area (Å²) < 4.78 is 7.76. The number of hydrogen-bond acceptors (Lipinski definition) is 6. The van der Waals surface area contributed by atoms with Gasteiger partial charge in [-0.15, -0.1) is 6.42 Å². The Balaban J connectivity index is 1.70. The second-order valence-electron chi connectivity index (χ2n) is 6.02. The molecule has 2 N–H and O–H groups in total. The van der Waals surface area contributed by atoms with Gasteiger partial charge in [0.25, 0.3) is 0 Å². The van der Waals surface area contributed by atoms with Crippen molar-refractivity contribution < 1.29 is 4.74 Å². The van der Waals surface area contributed by atoms with Crippen molar-refractivity contribution in [2.45, 2.75) is 16.8 Å². The number of amidine groups is 1. The lowest BCUT2D eigenvalue weighted by atomic mass is 10.3. The number of ether oxygens (including phenoxy) is 1. The number of nitrogens with one attached hydrogen (secondary N) is 2. The number of terminal acetylenes is 1. The first-order valence-corrected chi connectivity index (χ1v) is 9.48. The van der Waals surface area contributed by atoms with Crippen molar-refractivity contribution in [2.75, 3.05) is 5.32 Å². The summed E-state index contributed by atoms with van der Waals surface area (Å²) in [5, 5.41) is 15.7. The van der Waals surface area contributed by atoms with Crippen molar-refractivity contribution in [1.29, 1.82) is 5.41 Å². The van der Waals surface area contributed by atoms with Crippen LogP contribution in [0, 0.1) is 24.7 Å². The predicted molar refractivity (Wildman–Crippen MR) is 113 cm³/mol. The SMILES string of the molecule is C#CC(=N)Nc1ncc(Sc2cc(C)nc3ccnn23)cc1Oc1ccccc1. The van der Waals surface area contributed by atoms with Crippen LogP contribution in [0.4, 0.5) is 5.82 Å². The third-order valence-electron chi connectivity index (χ3n) is 3.86. The smallest absolute Gasteiger partial charge is 0.176 e. The molecule has 4 aromatic rings. The zero-order chi connectivity index (χ0) is 20.2. The third-order valence-corrected chi connectivity index (χ3v) is 4.82. The van der Waals surface area contributed by atoms with Crippen molar-refractivity contribution >= 4 is 29.1 Å². The number of para-hydroxylation sites is 1. The number of aromatic nitrogens is 4. The second kappa shape index (κ2) is 8.04. The second-order valence-corrected chi connectivity index (χ2v) is 7.11. The van der Waals surface area contributed by atoms with Gasteiger partial charge in [0.05, 0.1) is 6.20 Å². The Kier molecular flexibility index (Phi) is 5.14. The average molecular weight is 400 g/mol. The Labute approximate surface area is 171 Å². The minimum atomic E-state index is -0.0983. The summed E-state index contributed by atoms with van der Waals surface area (Å²) in [6.07, 6.45) is 8.69. The van der Waals surface area contributed by atoms with Crippen LogP contribution in [-0.2, 0) is 0 Å². The van der Waals surface area contributed by atoms with Crippen molar-refractivity contribution in [1.82, 2.24) is 19.6 Å². The quantitative estimate of drug-likeness (QED) is 0.223. The van der Waals surface area contributed by atoms with E-state index in [1.54, 1.807) is 16.9 Å². The highest BCUT2D eigenvalue weighted by atomic mass is 32.2. The number of benzene rings is 1. The molecule has 0 bridgehead atoms. The average Bonchev–Trinajstić information content (AvgIpc) is 3.19. The number of rotatable bonds is 5. The first-order valence-electron chi connectivity index (χ1n) is 8.67. The van der Waals surface area contributed by atoms with E-state index in [4.69, 9.17) is 16.6 Å². The van der Waals surface area contributed by atoms with E-state index in [-0.39, 0.29) is 5.84 Å². The van der Waals surface area contributed by atoms with Gasteiger partial charge in [-0.3, -0.25) is 5.41 Å². The molecule has 0 spiro atoms. The number of fused-ring (bicyclic) bond motifs is 1. The minimum absolute atomic E-state index is 0.0983. The fourth-order valence-corrected chi connectivity index (χ4v) is 3.59. The molecule has 0 saturated heterocycles. The molecule has 0 aliphatic carbocycles. The first kappa shape index (κ1) is 18.5. The van der Waals surface area contributed by atoms with E-state index in [2.05, 4.69) is 26.3 Å². The van der Waals surface area contributed by atoms with Gasteiger partial charge in [0, 0.05) is 28.9 Å². The summed E-state index contributed by atoms with van der Waals surface area (Å²) >= 11 is 1.49. The maximum Gasteiger partial charge on any atom is 0.176 e. The van der Waals surface area contributed by atoms with Gasteiger partial charge >= 0.3 is 0 Å². The molecule has 29 heavy (non-hydrogen) atoms. The van der Waals surface area contributed by atoms with E-state index < -0.39 is 0 Å². The van der Waals surface area contributed by atoms with E-state index >= 15 is 0 Å². The van der Waals surface area contributed by atoms with Gasteiger partial charge in [-0.1, -0.05) is 30.0 Å². The van der Waals surface area contributed by atoms with Crippen LogP contribution in [0.5, 0.6) is 11.5 Å². The molecule has 4 rings (SSSR count). The highest BCUT2D eigenvalue weighted by molar-refractivity contribution is 7.99. The van der Waals surface area contributed by atoms with Crippen LogP contribution in [0.25, 0.3) is 5.65 Å². The molecular weight excluding hydrogens is 384 g/mol. The molecule has 7 nitrogen and oxygen atoms in total. The first-order chi connectivity index (χ1) is 14.1. The molecular formula is C21H16N6OS. The van der Waals surface area contributed by atoms with E-state index in [9.17, 15) is 0 Å². The fourth-order valence-electron chi connectivity index (χ4n) is 2.62. The molecule has 0 atom stereocenters. The largest absolute Gasteiger partial charge is 0.453 e. The number of hydrogen-bond donors (Lipinski definition) is 2. The topological polar surface area (TPSA) is 88.2 Å².